The fourth-order valence-electron chi connectivity index (χ4n) is 4.47. The molecule has 0 spiro atoms. The minimum Gasteiger partial charge on any atom is -0.483 e. The van der Waals surface area contributed by atoms with Crippen LogP contribution in [0.4, 0.5) is 10.1 Å². The first kappa shape index (κ1) is 24.5. The largest absolute Gasteiger partial charge is 0.483 e. The molecule has 1 N–H and O–H groups in total. The predicted molar refractivity (Wildman–Crippen MR) is 142 cm³/mol. The van der Waals surface area contributed by atoms with Gasteiger partial charge in [-0.15, -0.1) is 0 Å². The van der Waals surface area contributed by atoms with E-state index in [1.807, 2.05) is 60.7 Å². The molecule has 4 aromatic carbocycles. The number of carbonyl (C=O) groups is 2. The SMILES string of the molecule is O=C(Nc1ccccc1)c1cc2ccccc2cc1OCC(=O)N1CCN(Cc2ccc(F)cc2)CC1. The van der Waals surface area contributed by atoms with Gasteiger partial charge in [0.1, 0.15) is 11.6 Å². The van der Waals surface area contributed by atoms with Crippen molar-refractivity contribution in [3.05, 3.63) is 108 Å². The highest BCUT2D eigenvalue weighted by atomic mass is 19.1. The van der Waals surface area contributed by atoms with Gasteiger partial charge in [-0.25, -0.2) is 4.39 Å². The van der Waals surface area contributed by atoms with Crippen LogP contribution < -0.4 is 10.1 Å². The van der Waals surface area contributed by atoms with Crippen molar-refractivity contribution >= 4 is 28.3 Å². The number of amides is 2. The van der Waals surface area contributed by atoms with E-state index in [0.717, 1.165) is 36.0 Å². The summed E-state index contributed by atoms with van der Waals surface area (Å²) < 4.78 is 19.1. The van der Waals surface area contributed by atoms with E-state index in [-0.39, 0.29) is 24.2 Å². The fourth-order valence-corrected chi connectivity index (χ4v) is 4.47. The van der Waals surface area contributed by atoms with Crippen LogP contribution in [-0.4, -0.2) is 54.4 Å². The molecule has 6 nitrogen and oxygen atoms in total. The first-order chi connectivity index (χ1) is 18.0. The molecule has 0 saturated carbocycles. The number of ether oxygens (including phenoxy) is 1. The lowest BCUT2D eigenvalue weighted by Crippen LogP contribution is -2.49. The van der Waals surface area contributed by atoms with Crippen molar-refractivity contribution < 1.29 is 18.7 Å². The van der Waals surface area contributed by atoms with E-state index in [4.69, 9.17) is 4.74 Å². The summed E-state index contributed by atoms with van der Waals surface area (Å²) in [7, 11) is 0. The number of nitrogens with one attached hydrogen (secondary N) is 1. The number of halogens is 1. The Kier molecular flexibility index (Phi) is 7.42. The number of piperazine rings is 1. The number of para-hydroxylation sites is 1. The Morgan fingerprint density at radius 2 is 1.46 bits per heavy atom. The van der Waals surface area contributed by atoms with Gasteiger partial charge in [-0.1, -0.05) is 54.6 Å². The second kappa shape index (κ2) is 11.2. The third-order valence-electron chi connectivity index (χ3n) is 6.52. The van der Waals surface area contributed by atoms with Crippen molar-refractivity contribution in [3.63, 3.8) is 0 Å². The highest BCUT2D eigenvalue weighted by molar-refractivity contribution is 6.08. The molecule has 4 aromatic rings. The molecule has 0 aromatic heterocycles. The molecule has 0 radical (unpaired) electrons. The van der Waals surface area contributed by atoms with Crippen LogP contribution in [0.2, 0.25) is 0 Å². The highest BCUT2D eigenvalue weighted by Gasteiger charge is 2.23. The van der Waals surface area contributed by atoms with E-state index in [1.54, 1.807) is 23.1 Å². The Morgan fingerprint density at radius 3 is 2.16 bits per heavy atom. The van der Waals surface area contributed by atoms with Crippen LogP contribution in [0.25, 0.3) is 10.8 Å². The molecule has 0 aliphatic carbocycles. The fraction of sp³-hybridized carbons (Fsp3) is 0.200. The smallest absolute Gasteiger partial charge is 0.260 e. The Balaban J connectivity index is 1.23. The Bertz CT molecular complexity index is 1380. The van der Waals surface area contributed by atoms with E-state index >= 15 is 0 Å². The van der Waals surface area contributed by atoms with Crippen molar-refractivity contribution in [2.75, 3.05) is 38.1 Å². The number of hydrogen-bond donors (Lipinski definition) is 1. The van der Waals surface area contributed by atoms with Gasteiger partial charge in [-0.05, 0) is 52.7 Å². The zero-order chi connectivity index (χ0) is 25.6. The summed E-state index contributed by atoms with van der Waals surface area (Å²) in [5, 5.41) is 4.74. The van der Waals surface area contributed by atoms with Crippen LogP contribution in [-0.2, 0) is 11.3 Å². The molecular formula is C30H28FN3O3. The molecule has 1 aliphatic heterocycles. The van der Waals surface area contributed by atoms with E-state index in [0.29, 0.717) is 30.1 Å². The molecule has 5 rings (SSSR count). The molecule has 0 unspecified atom stereocenters. The molecule has 2 amide bonds. The summed E-state index contributed by atoms with van der Waals surface area (Å²) in [6.45, 7) is 3.19. The highest BCUT2D eigenvalue weighted by Crippen LogP contribution is 2.27. The third-order valence-corrected chi connectivity index (χ3v) is 6.52. The Labute approximate surface area is 215 Å². The number of hydrogen-bond acceptors (Lipinski definition) is 4. The third kappa shape index (κ3) is 6.13. The van der Waals surface area contributed by atoms with Crippen LogP contribution in [0, 0.1) is 5.82 Å². The second-order valence-corrected chi connectivity index (χ2v) is 9.09. The molecule has 0 bridgehead atoms. The van der Waals surface area contributed by atoms with Gasteiger partial charge < -0.3 is 15.0 Å². The van der Waals surface area contributed by atoms with E-state index in [9.17, 15) is 14.0 Å². The van der Waals surface area contributed by atoms with Gasteiger partial charge >= 0.3 is 0 Å². The van der Waals surface area contributed by atoms with Crippen molar-refractivity contribution in [3.8, 4) is 5.75 Å². The van der Waals surface area contributed by atoms with Crippen molar-refractivity contribution in [1.29, 1.82) is 0 Å². The topological polar surface area (TPSA) is 61.9 Å². The number of rotatable bonds is 7. The molecule has 7 heteroatoms. The lowest BCUT2D eigenvalue weighted by molar-refractivity contribution is -0.135. The monoisotopic (exact) mass is 497 g/mol. The van der Waals surface area contributed by atoms with Gasteiger partial charge in [0.25, 0.3) is 11.8 Å². The zero-order valence-electron chi connectivity index (χ0n) is 20.4. The summed E-state index contributed by atoms with van der Waals surface area (Å²) in [6.07, 6.45) is 0. The maximum absolute atomic E-state index is 13.2. The summed E-state index contributed by atoms with van der Waals surface area (Å²) in [4.78, 5) is 30.1. The van der Waals surface area contributed by atoms with Gasteiger partial charge in [-0.2, -0.15) is 0 Å². The standard InChI is InChI=1S/C30H28FN3O3/c31-25-12-10-22(11-13-25)20-33-14-16-34(17-15-33)29(35)21-37-28-19-24-7-5-4-6-23(24)18-27(28)30(36)32-26-8-2-1-3-9-26/h1-13,18-19H,14-17,20-21H2,(H,32,36). The maximum Gasteiger partial charge on any atom is 0.260 e. The van der Waals surface area contributed by atoms with E-state index in [2.05, 4.69) is 10.2 Å². The van der Waals surface area contributed by atoms with E-state index < -0.39 is 0 Å². The lowest BCUT2D eigenvalue weighted by atomic mass is 10.1. The number of nitrogens with zero attached hydrogens (tertiary/aromatic N) is 2. The molecule has 37 heavy (non-hydrogen) atoms. The minimum absolute atomic E-state index is 0.121. The van der Waals surface area contributed by atoms with Crippen molar-refractivity contribution in [2.45, 2.75) is 6.54 Å². The van der Waals surface area contributed by atoms with Crippen molar-refractivity contribution in [2.24, 2.45) is 0 Å². The van der Waals surface area contributed by atoms with Gasteiger partial charge in [-0.3, -0.25) is 14.5 Å². The summed E-state index contributed by atoms with van der Waals surface area (Å²) in [5.41, 5.74) is 2.10. The van der Waals surface area contributed by atoms with Gasteiger partial charge in [0.05, 0.1) is 5.56 Å². The lowest BCUT2D eigenvalue weighted by Gasteiger charge is -2.34. The Hall–Kier alpha value is -4.23. The maximum atomic E-state index is 13.2. The van der Waals surface area contributed by atoms with Crippen LogP contribution in [0.5, 0.6) is 5.75 Å². The average molecular weight is 498 g/mol. The van der Waals surface area contributed by atoms with Crippen LogP contribution in [0.3, 0.4) is 0 Å². The van der Waals surface area contributed by atoms with Crippen LogP contribution in [0.1, 0.15) is 15.9 Å². The molecule has 1 aliphatic rings. The van der Waals surface area contributed by atoms with E-state index in [1.165, 1.54) is 12.1 Å². The van der Waals surface area contributed by atoms with Gasteiger partial charge in [0.2, 0.25) is 0 Å². The van der Waals surface area contributed by atoms with Gasteiger partial charge in [0, 0.05) is 38.4 Å². The molecule has 188 valence electrons. The van der Waals surface area contributed by atoms with Crippen LogP contribution in [0.15, 0.2) is 91.0 Å². The summed E-state index contributed by atoms with van der Waals surface area (Å²) in [6, 6.07) is 27.1. The normalized spacial score (nSPS) is 13.9. The van der Waals surface area contributed by atoms with Crippen molar-refractivity contribution in [1.82, 2.24) is 9.80 Å². The first-order valence-electron chi connectivity index (χ1n) is 12.3. The molecule has 1 fully saturated rings. The quantitative estimate of drug-likeness (QED) is 0.392. The summed E-state index contributed by atoms with van der Waals surface area (Å²) >= 11 is 0. The first-order valence-corrected chi connectivity index (χ1v) is 12.3. The second-order valence-electron chi connectivity index (χ2n) is 9.09. The summed E-state index contributed by atoms with van der Waals surface area (Å²) in [5.74, 6) is -0.292. The van der Waals surface area contributed by atoms with Gasteiger partial charge in [0.15, 0.2) is 6.61 Å². The molecule has 1 saturated heterocycles. The minimum atomic E-state index is -0.297. The Morgan fingerprint density at radius 1 is 0.811 bits per heavy atom. The number of carbonyl (C=O) groups excluding carboxylic acids is 2. The molecular weight excluding hydrogens is 469 g/mol. The number of fused-ring (bicyclic) bond motifs is 1. The number of anilines is 1. The number of benzene rings is 4. The zero-order valence-corrected chi connectivity index (χ0v) is 20.4. The molecule has 0 atom stereocenters. The van der Waals surface area contributed by atoms with Crippen LogP contribution >= 0.6 is 0 Å². The molecule has 1 heterocycles. The average Bonchev–Trinajstić information content (AvgIpc) is 2.93. The predicted octanol–water partition coefficient (Wildman–Crippen LogP) is 4.95.